The van der Waals surface area contributed by atoms with E-state index in [-0.39, 0.29) is 0 Å². The summed E-state index contributed by atoms with van der Waals surface area (Å²) in [6, 6.07) is 0.403. The molecular formula is C12H20N4O. The lowest BCUT2D eigenvalue weighted by Gasteiger charge is -2.28. The molecule has 17 heavy (non-hydrogen) atoms. The lowest BCUT2D eigenvalue weighted by molar-refractivity contribution is 0.0622. The molecule has 1 unspecified atom stereocenters. The van der Waals surface area contributed by atoms with Crippen molar-refractivity contribution < 1.29 is 4.74 Å². The second kappa shape index (κ2) is 5.82. The van der Waals surface area contributed by atoms with Gasteiger partial charge < -0.3 is 15.4 Å². The summed E-state index contributed by atoms with van der Waals surface area (Å²) in [6.45, 7) is 3.95. The molecule has 0 bridgehead atoms. The van der Waals surface area contributed by atoms with E-state index < -0.39 is 0 Å². The third kappa shape index (κ3) is 3.30. The van der Waals surface area contributed by atoms with Gasteiger partial charge in [0, 0.05) is 26.3 Å². The highest BCUT2D eigenvalue weighted by Crippen LogP contribution is 2.21. The van der Waals surface area contributed by atoms with Crippen LogP contribution in [0.15, 0.2) is 12.4 Å². The highest BCUT2D eigenvalue weighted by molar-refractivity contribution is 5.41. The van der Waals surface area contributed by atoms with Crippen molar-refractivity contribution in [1.82, 2.24) is 9.97 Å². The minimum Gasteiger partial charge on any atom is -0.381 e. The predicted octanol–water partition coefficient (Wildman–Crippen LogP) is 1.75. The van der Waals surface area contributed by atoms with E-state index in [1.54, 1.807) is 12.4 Å². The molecule has 0 aromatic carbocycles. The van der Waals surface area contributed by atoms with Gasteiger partial charge in [-0.1, -0.05) is 0 Å². The number of anilines is 2. The van der Waals surface area contributed by atoms with Gasteiger partial charge in [0.05, 0.1) is 12.4 Å². The minimum absolute atomic E-state index is 0.403. The fourth-order valence-corrected chi connectivity index (χ4v) is 2.12. The van der Waals surface area contributed by atoms with E-state index in [2.05, 4.69) is 27.5 Å². The molecule has 0 aliphatic carbocycles. The van der Waals surface area contributed by atoms with Crippen LogP contribution < -0.4 is 10.6 Å². The first-order valence-corrected chi connectivity index (χ1v) is 6.13. The minimum atomic E-state index is 0.403. The molecular weight excluding hydrogens is 216 g/mol. The normalized spacial score (nSPS) is 18.7. The van der Waals surface area contributed by atoms with Gasteiger partial charge in [-0.3, -0.25) is 4.98 Å². The quantitative estimate of drug-likeness (QED) is 0.834. The molecule has 1 aliphatic heterocycles. The van der Waals surface area contributed by atoms with Crippen molar-refractivity contribution in [2.45, 2.75) is 25.8 Å². The summed E-state index contributed by atoms with van der Waals surface area (Å²) in [5.74, 6) is 2.27. The Morgan fingerprint density at radius 3 is 2.71 bits per heavy atom. The molecule has 1 fully saturated rings. The Kier molecular flexibility index (Phi) is 4.14. The van der Waals surface area contributed by atoms with E-state index in [0.717, 1.165) is 37.7 Å². The average Bonchev–Trinajstić information content (AvgIpc) is 2.40. The van der Waals surface area contributed by atoms with Gasteiger partial charge in [-0.15, -0.1) is 0 Å². The van der Waals surface area contributed by atoms with E-state index in [9.17, 15) is 0 Å². The molecule has 5 nitrogen and oxygen atoms in total. The van der Waals surface area contributed by atoms with Crippen LogP contribution in [0, 0.1) is 5.92 Å². The van der Waals surface area contributed by atoms with Crippen LogP contribution in [0.4, 0.5) is 11.6 Å². The fraction of sp³-hybridized carbons (Fsp3) is 0.667. The van der Waals surface area contributed by atoms with Gasteiger partial charge in [0.1, 0.15) is 11.6 Å². The molecule has 2 N–H and O–H groups in total. The zero-order chi connectivity index (χ0) is 12.1. The molecule has 1 atom stereocenters. The summed E-state index contributed by atoms with van der Waals surface area (Å²) >= 11 is 0. The van der Waals surface area contributed by atoms with Crippen molar-refractivity contribution >= 4 is 11.6 Å². The number of nitrogens with one attached hydrogen (secondary N) is 2. The van der Waals surface area contributed by atoms with E-state index in [0.29, 0.717) is 12.0 Å². The highest BCUT2D eigenvalue weighted by atomic mass is 16.5. The van der Waals surface area contributed by atoms with Crippen molar-refractivity contribution in [1.29, 1.82) is 0 Å². The first-order chi connectivity index (χ1) is 8.29. The third-order valence-electron chi connectivity index (χ3n) is 3.24. The van der Waals surface area contributed by atoms with Gasteiger partial charge in [-0.05, 0) is 25.7 Å². The second-order valence-corrected chi connectivity index (χ2v) is 4.42. The SMILES string of the molecule is CNc1cncc(NC(C)C2CCOCC2)n1. The lowest BCUT2D eigenvalue weighted by Crippen LogP contribution is -2.31. The Morgan fingerprint density at radius 1 is 1.29 bits per heavy atom. The summed E-state index contributed by atoms with van der Waals surface area (Å²) < 4.78 is 5.37. The van der Waals surface area contributed by atoms with Crippen molar-refractivity contribution in [2.24, 2.45) is 5.92 Å². The van der Waals surface area contributed by atoms with Crippen LogP contribution >= 0.6 is 0 Å². The van der Waals surface area contributed by atoms with Crippen molar-refractivity contribution in [2.75, 3.05) is 30.9 Å². The van der Waals surface area contributed by atoms with Crippen molar-refractivity contribution in [3.8, 4) is 0 Å². The van der Waals surface area contributed by atoms with E-state index >= 15 is 0 Å². The van der Waals surface area contributed by atoms with Gasteiger partial charge >= 0.3 is 0 Å². The summed E-state index contributed by atoms with van der Waals surface area (Å²) in [5, 5.41) is 6.40. The van der Waals surface area contributed by atoms with Crippen LogP contribution in [-0.4, -0.2) is 36.3 Å². The number of hydrogen-bond acceptors (Lipinski definition) is 5. The largest absolute Gasteiger partial charge is 0.381 e. The number of ether oxygens (including phenoxy) is 1. The maximum Gasteiger partial charge on any atom is 0.147 e. The number of nitrogens with zero attached hydrogens (tertiary/aromatic N) is 2. The van der Waals surface area contributed by atoms with Crippen LogP contribution in [-0.2, 0) is 4.74 Å². The summed E-state index contributed by atoms with van der Waals surface area (Å²) in [7, 11) is 1.84. The van der Waals surface area contributed by atoms with Gasteiger partial charge in [0.25, 0.3) is 0 Å². The standard InChI is InChI=1S/C12H20N4O/c1-9(10-3-5-17-6-4-10)15-12-8-14-7-11(13-2)16-12/h7-10H,3-6H2,1-2H3,(H2,13,15,16). The fourth-order valence-electron chi connectivity index (χ4n) is 2.12. The molecule has 2 rings (SSSR count). The molecule has 0 radical (unpaired) electrons. The number of aromatic nitrogens is 2. The molecule has 94 valence electrons. The summed E-state index contributed by atoms with van der Waals surface area (Å²) in [6.07, 6.45) is 5.71. The molecule has 2 heterocycles. The smallest absolute Gasteiger partial charge is 0.147 e. The maximum atomic E-state index is 5.37. The average molecular weight is 236 g/mol. The molecule has 1 aromatic heterocycles. The van der Waals surface area contributed by atoms with E-state index in [4.69, 9.17) is 4.74 Å². The van der Waals surface area contributed by atoms with Crippen molar-refractivity contribution in [3.05, 3.63) is 12.4 Å². The number of hydrogen-bond donors (Lipinski definition) is 2. The third-order valence-corrected chi connectivity index (χ3v) is 3.24. The topological polar surface area (TPSA) is 59.1 Å². The van der Waals surface area contributed by atoms with Crippen LogP contribution in [0.1, 0.15) is 19.8 Å². The zero-order valence-electron chi connectivity index (χ0n) is 10.4. The highest BCUT2D eigenvalue weighted by Gasteiger charge is 2.20. The Hall–Kier alpha value is -1.36. The Bertz CT molecular complexity index is 352. The van der Waals surface area contributed by atoms with Crippen LogP contribution in [0.5, 0.6) is 0 Å². The molecule has 0 amide bonds. The maximum absolute atomic E-state index is 5.37. The predicted molar refractivity (Wildman–Crippen MR) is 68.2 cm³/mol. The molecule has 1 saturated heterocycles. The first-order valence-electron chi connectivity index (χ1n) is 6.13. The molecule has 1 aromatic rings. The van der Waals surface area contributed by atoms with Crippen LogP contribution in [0.25, 0.3) is 0 Å². The number of rotatable bonds is 4. The molecule has 0 saturated carbocycles. The summed E-state index contributed by atoms with van der Waals surface area (Å²) in [5.41, 5.74) is 0. The van der Waals surface area contributed by atoms with Crippen molar-refractivity contribution in [3.63, 3.8) is 0 Å². The van der Waals surface area contributed by atoms with E-state index in [1.807, 2.05) is 7.05 Å². The van der Waals surface area contributed by atoms with Gasteiger partial charge in [0.2, 0.25) is 0 Å². The zero-order valence-corrected chi connectivity index (χ0v) is 10.4. The lowest BCUT2D eigenvalue weighted by atomic mass is 9.93. The monoisotopic (exact) mass is 236 g/mol. The van der Waals surface area contributed by atoms with Crippen LogP contribution in [0.2, 0.25) is 0 Å². The van der Waals surface area contributed by atoms with Gasteiger partial charge in [-0.25, -0.2) is 4.98 Å². The van der Waals surface area contributed by atoms with Gasteiger partial charge in [0.15, 0.2) is 0 Å². The molecule has 0 spiro atoms. The molecule has 5 heteroatoms. The Labute approximate surface area is 102 Å². The first kappa shape index (κ1) is 12.1. The van der Waals surface area contributed by atoms with Crippen LogP contribution in [0.3, 0.4) is 0 Å². The van der Waals surface area contributed by atoms with Gasteiger partial charge in [-0.2, -0.15) is 0 Å². The summed E-state index contributed by atoms with van der Waals surface area (Å²) in [4.78, 5) is 8.55. The Morgan fingerprint density at radius 2 is 2.00 bits per heavy atom. The Balaban J connectivity index is 1.94. The van der Waals surface area contributed by atoms with E-state index in [1.165, 1.54) is 0 Å². The molecule has 1 aliphatic rings. The second-order valence-electron chi connectivity index (χ2n) is 4.42.